The fourth-order valence-corrected chi connectivity index (χ4v) is 3.64. The van der Waals surface area contributed by atoms with Crippen LogP contribution in [0.5, 0.6) is 5.88 Å². The maximum Gasteiger partial charge on any atom is 0.326 e. The summed E-state index contributed by atoms with van der Waals surface area (Å²) < 4.78 is 6.40. The predicted molar refractivity (Wildman–Crippen MR) is 89.3 cm³/mol. The number of ether oxygens (including phenoxy) is 1. The van der Waals surface area contributed by atoms with Crippen LogP contribution in [0.15, 0.2) is 32.5 Å². The molecule has 0 saturated heterocycles. The van der Waals surface area contributed by atoms with Gasteiger partial charge in [0.15, 0.2) is 0 Å². The molecule has 124 valence electrons. The Morgan fingerprint density at radius 2 is 2.17 bits per heavy atom. The molecule has 0 radical (unpaired) electrons. The van der Waals surface area contributed by atoms with Crippen LogP contribution in [-0.4, -0.2) is 28.2 Å². The SMILES string of the molecule is CCOC(=O)Cn1c(O)c(C2=c3cc(Br)ccc3=NC2=O)sc1=O. The van der Waals surface area contributed by atoms with Crippen molar-refractivity contribution < 1.29 is 19.4 Å². The Kier molecular flexibility index (Phi) is 4.37. The standard InChI is InChI=1S/C15H11BrN2O5S/c1-2-23-10(19)6-18-14(21)12(24-15(18)22)11-8-5-7(16)3-4-9(8)17-13(11)20/h3-5,21H,2,6H2,1H3. The number of carbonyl (C=O) groups is 2. The summed E-state index contributed by atoms with van der Waals surface area (Å²) in [4.78, 5) is 39.3. The highest BCUT2D eigenvalue weighted by Gasteiger charge is 2.27. The summed E-state index contributed by atoms with van der Waals surface area (Å²) in [6, 6.07) is 5.10. The third kappa shape index (κ3) is 2.80. The van der Waals surface area contributed by atoms with Gasteiger partial charge in [0.25, 0.3) is 5.91 Å². The number of amides is 1. The summed E-state index contributed by atoms with van der Waals surface area (Å²) in [5.41, 5.74) is 0.147. The second kappa shape index (κ2) is 6.33. The van der Waals surface area contributed by atoms with Gasteiger partial charge in [0.05, 0.1) is 17.5 Å². The minimum atomic E-state index is -0.644. The Hall–Kier alpha value is -2.26. The fraction of sp³-hybridized carbons (Fsp3) is 0.200. The van der Waals surface area contributed by atoms with Gasteiger partial charge in [-0.1, -0.05) is 27.3 Å². The van der Waals surface area contributed by atoms with Gasteiger partial charge in [-0.2, -0.15) is 0 Å². The summed E-state index contributed by atoms with van der Waals surface area (Å²) in [6.45, 7) is 1.39. The van der Waals surface area contributed by atoms with Gasteiger partial charge >= 0.3 is 10.8 Å². The van der Waals surface area contributed by atoms with Crippen molar-refractivity contribution in [1.82, 2.24) is 4.57 Å². The van der Waals surface area contributed by atoms with Crippen LogP contribution >= 0.6 is 27.3 Å². The maximum atomic E-state index is 12.2. The molecule has 0 unspecified atom stereocenters. The fourth-order valence-electron chi connectivity index (χ4n) is 2.34. The van der Waals surface area contributed by atoms with Crippen molar-refractivity contribution in [1.29, 1.82) is 0 Å². The molecule has 24 heavy (non-hydrogen) atoms. The Morgan fingerprint density at radius 1 is 1.42 bits per heavy atom. The van der Waals surface area contributed by atoms with Gasteiger partial charge < -0.3 is 9.84 Å². The van der Waals surface area contributed by atoms with E-state index in [4.69, 9.17) is 4.74 Å². The molecule has 0 spiro atoms. The number of benzene rings is 1. The van der Waals surface area contributed by atoms with Crippen molar-refractivity contribution in [3.63, 3.8) is 0 Å². The minimum Gasteiger partial charge on any atom is -0.493 e. The molecule has 1 amide bonds. The number of carbonyl (C=O) groups excluding carboxylic acids is 2. The molecule has 1 N–H and O–H groups in total. The summed E-state index contributed by atoms with van der Waals surface area (Å²) >= 11 is 4.01. The third-order valence-corrected chi connectivity index (χ3v) is 4.83. The van der Waals surface area contributed by atoms with E-state index >= 15 is 0 Å². The Morgan fingerprint density at radius 3 is 2.88 bits per heavy atom. The van der Waals surface area contributed by atoms with Crippen molar-refractivity contribution in [3.05, 3.63) is 47.8 Å². The topological polar surface area (TPSA) is 98.0 Å². The number of halogens is 1. The Bertz CT molecular complexity index is 1040. The second-order valence-electron chi connectivity index (χ2n) is 4.87. The zero-order valence-corrected chi connectivity index (χ0v) is 14.8. The normalized spacial score (nSPS) is 12.9. The number of esters is 1. The Labute approximate surface area is 147 Å². The van der Waals surface area contributed by atoms with E-state index in [2.05, 4.69) is 20.9 Å². The van der Waals surface area contributed by atoms with Gasteiger partial charge in [-0.05, 0) is 25.1 Å². The summed E-state index contributed by atoms with van der Waals surface area (Å²) in [7, 11) is 0. The first-order chi connectivity index (χ1) is 11.4. The van der Waals surface area contributed by atoms with Crippen molar-refractivity contribution in [3.8, 4) is 5.88 Å². The molecule has 0 aliphatic carbocycles. The van der Waals surface area contributed by atoms with E-state index in [9.17, 15) is 19.5 Å². The third-order valence-electron chi connectivity index (χ3n) is 3.35. The lowest BCUT2D eigenvalue weighted by atomic mass is 10.1. The number of hydrogen-bond acceptors (Lipinski definition) is 6. The summed E-state index contributed by atoms with van der Waals surface area (Å²) in [6.07, 6.45) is 0. The van der Waals surface area contributed by atoms with E-state index in [-0.39, 0.29) is 17.1 Å². The molecule has 2 aromatic rings. The van der Waals surface area contributed by atoms with Gasteiger partial charge in [0.2, 0.25) is 5.88 Å². The molecule has 7 nitrogen and oxygen atoms in total. The van der Waals surface area contributed by atoms with Crippen LogP contribution in [0, 0.1) is 0 Å². The second-order valence-corrected chi connectivity index (χ2v) is 6.74. The molecule has 3 rings (SSSR count). The lowest BCUT2D eigenvalue weighted by Gasteiger charge is -2.04. The first kappa shape index (κ1) is 16.6. The van der Waals surface area contributed by atoms with Gasteiger partial charge in [-0.25, -0.2) is 4.99 Å². The van der Waals surface area contributed by atoms with Crippen molar-refractivity contribution >= 4 is 44.7 Å². The maximum absolute atomic E-state index is 12.2. The molecular formula is C15H11BrN2O5S. The first-order valence-electron chi connectivity index (χ1n) is 6.94. The molecule has 0 fully saturated rings. The van der Waals surface area contributed by atoms with Crippen LogP contribution in [0.1, 0.15) is 11.8 Å². The van der Waals surface area contributed by atoms with Crippen LogP contribution in [0.25, 0.3) is 5.57 Å². The van der Waals surface area contributed by atoms with Gasteiger partial charge in [-0.3, -0.25) is 19.0 Å². The Balaban J connectivity index is 2.17. The minimum absolute atomic E-state index is 0.0925. The lowest BCUT2D eigenvalue weighted by molar-refractivity contribution is -0.143. The predicted octanol–water partition coefficient (Wildman–Crippen LogP) is 0.300. The molecule has 1 aromatic carbocycles. The number of fused-ring (bicyclic) bond motifs is 1. The van der Waals surface area contributed by atoms with Crippen LogP contribution in [0.4, 0.5) is 0 Å². The van der Waals surface area contributed by atoms with Gasteiger partial charge in [0.1, 0.15) is 11.4 Å². The molecule has 1 aromatic heterocycles. The first-order valence-corrected chi connectivity index (χ1v) is 8.54. The van der Waals surface area contributed by atoms with Gasteiger partial charge in [0, 0.05) is 9.69 Å². The number of aromatic nitrogens is 1. The quantitative estimate of drug-likeness (QED) is 0.730. The van der Waals surface area contributed by atoms with E-state index in [1.54, 1.807) is 25.1 Å². The molecule has 0 saturated carbocycles. The summed E-state index contributed by atoms with van der Waals surface area (Å²) in [5, 5.41) is 11.3. The van der Waals surface area contributed by atoms with E-state index in [0.717, 1.165) is 9.04 Å². The average molecular weight is 411 g/mol. The molecule has 0 atom stereocenters. The van der Waals surface area contributed by atoms with Crippen LogP contribution in [-0.2, 0) is 20.9 Å². The monoisotopic (exact) mass is 410 g/mol. The molecule has 2 heterocycles. The van der Waals surface area contributed by atoms with Gasteiger partial charge in [-0.15, -0.1) is 0 Å². The van der Waals surface area contributed by atoms with Crippen LogP contribution < -0.4 is 15.4 Å². The van der Waals surface area contributed by atoms with Crippen LogP contribution in [0.3, 0.4) is 0 Å². The highest BCUT2D eigenvalue weighted by molar-refractivity contribution is 9.10. The smallest absolute Gasteiger partial charge is 0.326 e. The number of nitrogens with zero attached hydrogens (tertiary/aromatic N) is 2. The van der Waals surface area contributed by atoms with E-state index in [1.807, 2.05) is 0 Å². The number of rotatable bonds is 4. The molecule has 0 bridgehead atoms. The molecule has 1 aliphatic rings. The van der Waals surface area contributed by atoms with Crippen LogP contribution in [0.2, 0.25) is 0 Å². The summed E-state index contributed by atoms with van der Waals surface area (Å²) in [5.74, 6) is -1.62. The average Bonchev–Trinajstić information content (AvgIpc) is 2.97. The van der Waals surface area contributed by atoms with E-state index in [1.165, 1.54) is 0 Å². The number of hydrogen-bond donors (Lipinski definition) is 1. The zero-order chi connectivity index (χ0) is 17.4. The largest absolute Gasteiger partial charge is 0.493 e. The van der Waals surface area contributed by atoms with Crippen molar-refractivity contribution in [2.24, 2.45) is 4.99 Å². The lowest BCUT2D eigenvalue weighted by Crippen LogP contribution is -2.23. The highest BCUT2D eigenvalue weighted by atomic mass is 79.9. The molecule has 1 aliphatic heterocycles. The van der Waals surface area contributed by atoms with Crippen molar-refractivity contribution in [2.75, 3.05) is 6.61 Å². The highest BCUT2D eigenvalue weighted by Crippen LogP contribution is 2.28. The number of aromatic hydroxyl groups is 1. The van der Waals surface area contributed by atoms with E-state index < -0.39 is 29.2 Å². The zero-order valence-electron chi connectivity index (χ0n) is 12.4. The van der Waals surface area contributed by atoms with E-state index in [0.29, 0.717) is 21.9 Å². The van der Waals surface area contributed by atoms with Crippen molar-refractivity contribution in [2.45, 2.75) is 13.5 Å². The number of thiazole rings is 1. The molecule has 9 heteroatoms. The molecular weight excluding hydrogens is 400 g/mol.